The smallest absolute Gasteiger partial charge is 0.161 e. The van der Waals surface area contributed by atoms with E-state index in [1.807, 2.05) is 32.2 Å². The van der Waals surface area contributed by atoms with Crippen LogP contribution in [0.25, 0.3) is 22.3 Å². The molecule has 0 unspecified atom stereocenters. The minimum absolute atomic E-state index is 0.670. The summed E-state index contributed by atoms with van der Waals surface area (Å²) in [5.74, 6) is 2.06. The fourth-order valence-corrected chi connectivity index (χ4v) is 2.33. The third-order valence-corrected chi connectivity index (χ3v) is 3.36. The van der Waals surface area contributed by atoms with Crippen molar-refractivity contribution in [3.8, 4) is 22.8 Å². The van der Waals surface area contributed by atoms with Gasteiger partial charge in [-0.1, -0.05) is 0 Å². The van der Waals surface area contributed by atoms with E-state index in [2.05, 4.69) is 15.1 Å². The second-order valence-corrected chi connectivity index (χ2v) is 4.69. The maximum Gasteiger partial charge on any atom is 0.161 e. The summed E-state index contributed by atoms with van der Waals surface area (Å²) < 4.78 is 12.4. The Morgan fingerprint density at radius 1 is 1.05 bits per heavy atom. The van der Waals surface area contributed by atoms with E-state index in [9.17, 15) is 0 Å². The van der Waals surface area contributed by atoms with E-state index in [0.29, 0.717) is 17.3 Å². The number of benzene rings is 1. The van der Waals surface area contributed by atoms with Crippen LogP contribution in [-0.4, -0.2) is 34.0 Å². The van der Waals surface area contributed by atoms with E-state index in [4.69, 9.17) is 9.47 Å². The molecule has 0 aliphatic heterocycles. The van der Waals surface area contributed by atoms with Gasteiger partial charge in [-0.2, -0.15) is 5.10 Å². The second kappa shape index (κ2) is 5.05. The van der Waals surface area contributed by atoms with Crippen LogP contribution in [0.2, 0.25) is 0 Å². The predicted molar refractivity (Wildman–Crippen MR) is 79.6 cm³/mol. The van der Waals surface area contributed by atoms with Gasteiger partial charge in [0.15, 0.2) is 17.1 Å². The number of fused-ring (bicyclic) bond motifs is 1. The van der Waals surface area contributed by atoms with Gasteiger partial charge in [-0.15, -0.1) is 0 Å². The van der Waals surface area contributed by atoms with Crippen LogP contribution >= 0.6 is 0 Å². The highest BCUT2D eigenvalue weighted by Crippen LogP contribution is 2.33. The molecule has 2 heterocycles. The lowest BCUT2D eigenvalue weighted by Gasteiger charge is -2.10. The fraction of sp³-hybridized carbons (Fsp3) is 0.267. The van der Waals surface area contributed by atoms with Crippen LogP contribution in [0.3, 0.4) is 0 Å². The molecule has 0 fully saturated rings. The minimum Gasteiger partial charge on any atom is -0.493 e. The number of nitrogens with zero attached hydrogens (tertiary/aromatic N) is 4. The third-order valence-electron chi connectivity index (χ3n) is 3.36. The van der Waals surface area contributed by atoms with Crippen molar-refractivity contribution in [2.45, 2.75) is 6.92 Å². The summed E-state index contributed by atoms with van der Waals surface area (Å²) in [5, 5.41) is 5.17. The van der Waals surface area contributed by atoms with E-state index in [1.165, 1.54) is 0 Å². The highest BCUT2D eigenvalue weighted by molar-refractivity contribution is 5.90. The average Bonchev–Trinajstić information content (AvgIpc) is 2.87. The summed E-state index contributed by atoms with van der Waals surface area (Å²) in [6.45, 7) is 1.87. The maximum atomic E-state index is 5.36. The number of hydrogen-bond donors (Lipinski definition) is 0. The zero-order valence-electron chi connectivity index (χ0n) is 12.4. The van der Waals surface area contributed by atoms with Crippen molar-refractivity contribution < 1.29 is 9.47 Å². The van der Waals surface area contributed by atoms with Crippen LogP contribution in [-0.2, 0) is 7.05 Å². The lowest BCUT2D eigenvalue weighted by Crippen LogP contribution is -1.98. The van der Waals surface area contributed by atoms with Crippen molar-refractivity contribution >= 4 is 11.0 Å². The van der Waals surface area contributed by atoms with Crippen LogP contribution < -0.4 is 9.47 Å². The topological polar surface area (TPSA) is 62.1 Å². The SMILES string of the molecule is COc1ccc(-c2nc(C)nc3c2cnn3C)cc1OC. The molecule has 0 aliphatic rings. The molecule has 0 saturated carbocycles. The second-order valence-electron chi connectivity index (χ2n) is 4.69. The van der Waals surface area contributed by atoms with Crippen LogP contribution in [0, 0.1) is 6.92 Å². The third kappa shape index (κ3) is 2.18. The van der Waals surface area contributed by atoms with Gasteiger partial charge in [-0.3, -0.25) is 4.68 Å². The monoisotopic (exact) mass is 284 g/mol. The van der Waals surface area contributed by atoms with E-state index < -0.39 is 0 Å². The van der Waals surface area contributed by atoms with Gasteiger partial charge < -0.3 is 9.47 Å². The molecule has 0 radical (unpaired) electrons. The van der Waals surface area contributed by atoms with E-state index in [-0.39, 0.29) is 0 Å². The fourth-order valence-electron chi connectivity index (χ4n) is 2.33. The minimum atomic E-state index is 0.670. The summed E-state index contributed by atoms with van der Waals surface area (Å²) in [6.07, 6.45) is 1.78. The largest absolute Gasteiger partial charge is 0.493 e. The highest BCUT2D eigenvalue weighted by atomic mass is 16.5. The highest BCUT2D eigenvalue weighted by Gasteiger charge is 2.14. The average molecular weight is 284 g/mol. The quantitative estimate of drug-likeness (QED) is 0.739. The number of methoxy groups -OCH3 is 2. The zero-order valence-corrected chi connectivity index (χ0v) is 12.4. The molecule has 1 aromatic carbocycles. The first-order valence-corrected chi connectivity index (χ1v) is 6.52. The van der Waals surface area contributed by atoms with Crippen LogP contribution in [0.1, 0.15) is 5.82 Å². The summed E-state index contributed by atoms with van der Waals surface area (Å²) in [7, 11) is 5.10. The summed E-state index contributed by atoms with van der Waals surface area (Å²) >= 11 is 0. The normalized spacial score (nSPS) is 10.9. The first kappa shape index (κ1) is 13.4. The first-order valence-electron chi connectivity index (χ1n) is 6.52. The summed E-state index contributed by atoms with van der Waals surface area (Å²) in [4.78, 5) is 8.99. The van der Waals surface area contributed by atoms with E-state index in [1.54, 1.807) is 25.1 Å². The van der Waals surface area contributed by atoms with Crippen molar-refractivity contribution in [1.29, 1.82) is 0 Å². The van der Waals surface area contributed by atoms with Gasteiger partial charge in [0, 0.05) is 12.6 Å². The van der Waals surface area contributed by atoms with Gasteiger partial charge in [0.25, 0.3) is 0 Å². The van der Waals surface area contributed by atoms with Crippen molar-refractivity contribution in [3.63, 3.8) is 0 Å². The molecule has 2 aromatic heterocycles. The molecule has 0 aliphatic carbocycles. The molecule has 0 bridgehead atoms. The Kier molecular flexibility index (Phi) is 3.21. The lowest BCUT2D eigenvalue weighted by molar-refractivity contribution is 0.355. The van der Waals surface area contributed by atoms with Gasteiger partial charge in [-0.05, 0) is 25.1 Å². The molecule has 0 amide bonds. The lowest BCUT2D eigenvalue weighted by atomic mass is 10.1. The van der Waals surface area contributed by atoms with Gasteiger partial charge >= 0.3 is 0 Å². The number of aromatic nitrogens is 4. The maximum absolute atomic E-state index is 5.36. The molecule has 3 rings (SSSR count). The van der Waals surface area contributed by atoms with Crippen molar-refractivity contribution in [2.75, 3.05) is 14.2 Å². The number of rotatable bonds is 3. The number of ether oxygens (including phenoxy) is 2. The Balaban J connectivity index is 2.25. The molecule has 6 heteroatoms. The molecule has 3 aromatic rings. The van der Waals surface area contributed by atoms with Gasteiger partial charge in [-0.25, -0.2) is 9.97 Å². The molecule has 6 nitrogen and oxygen atoms in total. The summed E-state index contributed by atoms with van der Waals surface area (Å²) in [5.41, 5.74) is 2.59. The Morgan fingerprint density at radius 3 is 2.52 bits per heavy atom. The molecule has 0 spiro atoms. The van der Waals surface area contributed by atoms with Gasteiger partial charge in [0.1, 0.15) is 5.82 Å². The molecule has 0 N–H and O–H groups in total. The predicted octanol–water partition coefficient (Wildman–Crippen LogP) is 2.36. The Hall–Kier alpha value is -2.63. The molecule has 0 saturated heterocycles. The standard InChI is InChI=1S/C15H16N4O2/c1-9-17-14(11-8-16-19(2)15(11)18-9)10-5-6-12(20-3)13(7-10)21-4/h5-8H,1-4H3. The van der Waals surface area contributed by atoms with Gasteiger partial charge in [0.05, 0.1) is 31.5 Å². The van der Waals surface area contributed by atoms with Crippen LogP contribution in [0.5, 0.6) is 11.5 Å². The zero-order chi connectivity index (χ0) is 15.0. The molecule has 0 atom stereocenters. The summed E-state index contributed by atoms with van der Waals surface area (Å²) in [6, 6.07) is 5.73. The molecular formula is C15H16N4O2. The van der Waals surface area contributed by atoms with Crippen molar-refractivity contribution in [2.24, 2.45) is 7.05 Å². The Morgan fingerprint density at radius 2 is 1.81 bits per heavy atom. The molecule has 108 valence electrons. The first-order chi connectivity index (χ1) is 10.1. The van der Waals surface area contributed by atoms with Crippen molar-refractivity contribution in [1.82, 2.24) is 19.7 Å². The Labute approximate surface area is 122 Å². The molecule has 21 heavy (non-hydrogen) atoms. The Bertz CT molecular complexity index is 811. The van der Waals surface area contributed by atoms with E-state index in [0.717, 1.165) is 22.3 Å². The van der Waals surface area contributed by atoms with Gasteiger partial charge in [0.2, 0.25) is 0 Å². The van der Waals surface area contributed by atoms with Crippen LogP contribution in [0.15, 0.2) is 24.4 Å². The van der Waals surface area contributed by atoms with Crippen molar-refractivity contribution in [3.05, 3.63) is 30.2 Å². The van der Waals surface area contributed by atoms with Crippen LogP contribution in [0.4, 0.5) is 0 Å². The van der Waals surface area contributed by atoms with E-state index >= 15 is 0 Å². The number of hydrogen-bond acceptors (Lipinski definition) is 5. The number of aryl methyl sites for hydroxylation is 2. The molecular weight excluding hydrogens is 268 g/mol.